The number of methoxy groups -OCH3 is 1. The maximum absolute atomic E-state index is 6.04. The number of rotatable bonds is 6. The molecule has 1 aliphatic rings. The summed E-state index contributed by atoms with van der Waals surface area (Å²) < 4.78 is 10.3. The lowest BCUT2D eigenvalue weighted by Gasteiger charge is -2.38. The molecule has 0 bridgehead atoms. The molecule has 0 unspecified atom stereocenters. The fraction of sp³-hybridized carbons (Fsp3) is 0.529. The average Bonchev–Trinajstić information content (AvgIpc) is 3.03. The molecule has 23 heavy (non-hydrogen) atoms. The zero-order valence-corrected chi connectivity index (χ0v) is 14.1. The van der Waals surface area contributed by atoms with Gasteiger partial charge in [0.15, 0.2) is 5.82 Å². The molecule has 3 rings (SSSR count). The van der Waals surface area contributed by atoms with E-state index in [9.17, 15) is 0 Å². The first kappa shape index (κ1) is 16.4. The van der Waals surface area contributed by atoms with E-state index in [1.807, 2.05) is 12.1 Å². The summed E-state index contributed by atoms with van der Waals surface area (Å²) in [5.41, 5.74) is 1.23. The molecular weight excluding hydrogens is 314 g/mol. The Bertz CT molecular complexity index is 621. The maximum Gasteiger partial charge on any atom is 0.240 e. The summed E-state index contributed by atoms with van der Waals surface area (Å²) in [5, 5.41) is 8.34. The number of nitrogens with zero attached hydrogens (tertiary/aromatic N) is 2. The first-order valence-electron chi connectivity index (χ1n) is 8.03. The average molecular weight is 336 g/mol. The molecule has 1 aromatic carbocycles. The van der Waals surface area contributed by atoms with Crippen molar-refractivity contribution in [3.63, 3.8) is 0 Å². The Morgan fingerprint density at radius 1 is 1.22 bits per heavy atom. The van der Waals surface area contributed by atoms with Crippen LogP contribution in [0, 0.1) is 0 Å². The van der Waals surface area contributed by atoms with Crippen molar-refractivity contribution in [1.29, 1.82) is 0 Å². The molecule has 2 aromatic rings. The molecule has 0 saturated heterocycles. The number of benzene rings is 1. The Labute approximate surface area is 141 Å². The van der Waals surface area contributed by atoms with E-state index < -0.39 is 0 Å². The SMILES string of the molecule is COCc1noc(CNC2(c3ccc(Cl)cc3)CCCCC2)n1. The molecule has 0 aliphatic heterocycles. The first-order valence-corrected chi connectivity index (χ1v) is 8.41. The molecule has 124 valence electrons. The minimum absolute atomic E-state index is 0.0429. The number of hydrogen-bond donors (Lipinski definition) is 1. The van der Waals surface area contributed by atoms with Crippen LogP contribution in [-0.2, 0) is 23.4 Å². The minimum Gasteiger partial charge on any atom is -0.377 e. The summed E-state index contributed by atoms with van der Waals surface area (Å²) in [7, 11) is 1.62. The zero-order valence-electron chi connectivity index (χ0n) is 13.3. The third-order valence-electron chi connectivity index (χ3n) is 4.47. The smallest absolute Gasteiger partial charge is 0.240 e. The lowest BCUT2D eigenvalue weighted by molar-refractivity contribution is 0.174. The summed E-state index contributed by atoms with van der Waals surface area (Å²) in [6, 6.07) is 8.15. The van der Waals surface area contributed by atoms with Crippen LogP contribution >= 0.6 is 11.6 Å². The topological polar surface area (TPSA) is 60.2 Å². The van der Waals surface area contributed by atoms with Crippen LogP contribution in [0.15, 0.2) is 28.8 Å². The van der Waals surface area contributed by atoms with E-state index in [2.05, 4.69) is 27.6 Å². The lowest BCUT2D eigenvalue weighted by atomic mass is 9.76. The van der Waals surface area contributed by atoms with Crippen LogP contribution in [0.3, 0.4) is 0 Å². The van der Waals surface area contributed by atoms with Crippen LogP contribution in [0.4, 0.5) is 0 Å². The largest absolute Gasteiger partial charge is 0.377 e. The first-order chi connectivity index (χ1) is 11.2. The van der Waals surface area contributed by atoms with E-state index in [1.165, 1.54) is 24.8 Å². The van der Waals surface area contributed by atoms with Crippen LogP contribution < -0.4 is 5.32 Å². The number of halogens is 1. The van der Waals surface area contributed by atoms with Gasteiger partial charge in [-0.15, -0.1) is 0 Å². The monoisotopic (exact) mass is 335 g/mol. The van der Waals surface area contributed by atoms with Crippen molar-refractivity contribution in [3.05, 3.63) is 46.6 Å². The van der Waals surface area contributed by atoms with Crippen LogP contribution in [0.5, 0.6) is 0 Å². The molecule has 1 saturated carbocycles. The van der Waals surface area contributed by atoms with Crippen LogP contribution in [0.2, 0.25) is 5.02 Å². The van der Waals surface area contributed by atoms with Crippen molar-refractivity contribution in [3.8, 4) is 0 Å². The quantitative estimate of drug-likeness (QED) is 0.869. The van der Waals surface area contributed by atoms with Crippen LogP contribution in [-0.4, -0.2) is 17.3 Å². The number of ether oxygens (including phenoxy) is 1. The van der Waals surface area contributed by atoms with Gasteiger partial charge in [0.25, 0.3) is 0 Å². The predicted molar refractivity (Wildman–Crippen MR) is 88.1 cm³/mol. The van der Waals surface area contributed by atoms with Gasteiger partial charge in [0, 0.05) is 17.7 Å². The molecule has 1 aromatic heterocycles. The van der Waals surface area contributed by atoms with E-state index in [1.54, 1.807) is 7.11 Å². The van der Waals surface area contributed by atoms with Gasteiger partial charge in [-0.3, -0.25) is 5.32 Å². The van der Waals surface area contributed by atoms with Gasteiger partial charge in [0.05, 0.1) is 6.54 Å². The molecule has 1 aliphatic carbocycles. The Balaban J connectivity index is 1.74. The second-order valence-corrected chi connectivity index (χ2v) is 6.48. The third-order valence-corrected chi connectivity index (χ3v) is 4.72. The van der Waals surface area contributed by atoms with Crippen molar-refractivity contribution in [2.75, 3.05) is 7.11 Å². The second kappa shape index (κ2) is 7.43. The molecule has 0 atom stereocenters. The van der Waals surface area contributed by atoms with Gasteiger partial charge in [-0.1, -0.05) is 48.2 Å². The van der Waals surface area contributed by atoms with E-state index in [0.717, 1.165) is 17.9 Å². The molecule has 0 amide bonds. The molecule has 1 heterocycles. The Kier molecular flexibility index (Phi) is 5.30. The highest BCUT2D eigenvalue weighted by Gasteiger charge is 2.33. The highest BCUT2D eigenvalue weighted by molar-refractivity contribution is 6.30. The molecule has 1 fully saturated rings. The summed E-state index contributed by atoms with van der Waals surface area (Å²) in [6.45, 7) is 0.922. The number of nitrogens with one attached hydrogen (secondary N) is 1. The van der Waals surface area contributed by atoms with Crippen molar-refractivity contribution < 1.29 is 9.26 Å². The normalized spacial score (nSPS) is 17.3. The summed E-state index contributed by atoms with van der Waals surface area (Å²) in [6.07, 6.45) is 5.93. The Morgan fingerprint density at radius 3 is 2.65 bits per heavy atom. The summed E-state index contributed by atoms with van der Waals surface area (Å²) >= 11 is 6.04. The van der Waals surface area contributed by atoms with E-state index in [-0.39, 0.29) is 5.54 Å². The highest BCUT2D eigenvalue weighted by Crippen LogP contribution is 2.37. The molecular formula is C17H22ClN3O2. The van der Waals surface area contributed by atoms with E-state index in [0.29, 0.717) is 24.9 Å². The zero-order chi connectivity index (χ0) is 16.1. The number of aromatic nitrogens is 2. The van der Waals surface area contributed by atoms with Gasteiger partial charge < -0.3 is 9.26 Å². The second-order valence-electron chi connectivity index (χ2n) is 6.04. The van der Waals surface area contributed by atoms with E-state index >= 15 is 0 Å². The standard InChI is InChI=1S/C17H22ClN3O2/c1-22-12-15-20-16(23-21-15)11-19-17(9-3-2-4-10-17)13-5-7-14(18)8-6-13/h5-8,19H,2-4,9-12H2,1H3. The molecule has 0 spiro atoms. The van der Waals surface area contributed by atoms with Crippen molar-refractivity contribution in [1.82, 2.24) is 15.5 Å². The molecule has 6 heteroatoms. The Morgan fingerprint density at radius 2 is 1.96 bits per heavy atom. The molecule has 5 nitrogen and oxygen atoms in total. The maximum atomic E-state index is 6.04. The van der Waals surface area contributed by atoms with Crippen molar-refractivity contribution >= 4 is 11.6 Å². The van der Waals surface area contributed by atoms with E-state index in [4.69, 9.17) is 20.9 Å². The molecule has 1 N–H and O–H groups in total. The third kappa shape index (κ3) is 3.91. The fourth-order valence-electron chi connectivity index (χ4n) is 3.29. The summed E-state index contributed by atoms with van der Waals surface area (Å²) in [4.78, 5) is 4.34. The molecule has 0 radical (unpaired) electrons. The fourth-order valence-corrected chi connectivity index (χ4v) is 3.41. The number of hydrogen-bond acceptors (Lipinski definition) is 5. The van der Waals surface area contributed by atoms with Gasteiger partial charge >= 0.3 is 0 Å². The van der Waals surface area contributed by atoms with Crippen molar-refractivity contribution in [2.24, 2.45) is 0 Å². The van der Waals surface area contributed by atoms with Gasteiger partial charge in [0.2, 0.25) is 5.89 Å². The van der Waals surface area contributed by atoms with Gasteiger partial charge in [-0.05, 0) is 30.5 Å². The van der Waals surface area contributed by atoms with Gasteiger partial charge in [0.1, 0.15) is 6.61 Å². The lowest BCUT2D eigenvalue weighted by Crippen LogP contribution is -2.43. The predicted octanol–water partition coefficient (Wildman–Crippen LogP) is 3.82. The minimum atomic E-state index is -0.0429. The van der Waals surface area contributed by atoms with Crippen LogP contribution in [0.25, 0.3) is 0 Å². The van der Waals surface area contributed by atoms with Crippen LogP contribution in [0.1, 0.15) is 49.4 Å². The van der Waals surface area contributed by atoms with Crippen molar-refractivity contribution in [2.45, 2.75) is 50.8 Å². The van der Waals surface area contributed by atoms with Gasteiger partial charge in [-0.2, -0.15) is 4.98 Å². The van der Waals surface area contributed by atoms with Gasteiger partial charge in [-0.25, -0.2) is 0 Å². The highest BCUT2D eigenvalue weighted by atomic mass is 35.5. The summed E-state index contributed by atoms with van der Waals surface area (Å²) in [5.74, 6) is 1.17. The Hall–Kier alpha value is -1.43.